The van der Waals surface area contributed by atoms with Crippen molar-refractivity contribution in [3.8, 4) is 0 Å². The van der Waals surface area contributed by atoms with E-state index in [1.807, 2.05) is 0 Å². The predicted molar refractivity (Wildman–Crippen MR) is 105 cm³/mol. The van der Waals surface area contributed by atoms with Gasteiger partial charge in [-0.2, -0.15) is 0 Å². The van der Waals surface area contributed by atoms with Gasteiger partial charge in [-0.05, 0) is 52.4 Å². The van der Waals surface area contributed by atoms with Crippen LogP contribution < -0.4 is 34.7 Å². The number of hydrogen-bond donors (Lipinski definition) is 1. The van der Waals surface area contributed by atoms with Crippen LogP contribution in [0.1, 0.15) is 111 Å². The summed E-state index contributed by atoms with van der Waals surface area (Å²) >= 11 is 0. The number of unbranched alkanes of at least 4 members (excludes halogenated alkanes) is 11. The maximum Gasteiger partial charge on any atom is 1.00 e. The van der Waals surface area contributed by atoms with Crippen LogP contribution in [-0.4, -0.2) is 22.7 Å². The second-order valence-electron chi connectivity index (χ2n) is 6.80. The van der Waals surface area contributed by atoms with Gasteiger partial charge in [-0.15, -0.1) is 0 Å². The van der Waals surface area contributed by atoms with E-state index in [0.717, 1.165) is 19.3 Å². The van der Waals surface area contributed by atoms with Crippen molar-refractivity contribution in [2.24, 2.45) is 0 Å². The predicted octanol–water partition coefficient (Wildman–Crippen LogP) is 1.34. The van der Waals surface area contributed by atoms with Gasteiger partial charge in [-0.1, -0.05) is 70.4 Å². The number of aliphatic hydroxyl groups excluding tert-OH is 1. The third-order valence-corrected chi connectivity index (χ3v) is 3.64. The monoisotopic (exact) mass is 382 g/mol. The van der Waals surface area contributed by atoms with E-state index in [0.29, 0.717) is 0 Å². The zero-order valence-corrected chi connectivity index (χ0v) is 19.9. The Morgan fingerprint density at radius 2 is 1.19 bits per heavy atom. The summed E-state index contributed by atoms with van der Waals surface area (Å²) in [5, 5.41) is 18.3. The molecular weight excluding hydrogens is 339 g/mol. The van der Waals surface area contributed by atoms with Crippen molar-refractivity contribution in [1.29, 1.82) is 0 Å². The van der Waals surface area contributed by atoms with Crippen molar-refractivity contribution in [3.63, 3.8) is 0 Å². The molecule has 0 atom stereocenters. The summed E-state index contributed by atoms with van der Waals surface area (Å²) in [6.07, 6.45) is 20.7. The quantitative estimate of drug-likeness (QED) is 0.263. The Morgan fingerprint density at radius 1 is 0.846 bits per heavy atom. The number of aliphatic hydroxyl groups is 1. The third kappa shape index (κ3) is 44.0. The Balaban J connectivity index is -0.000000363. The molecule has 3 N–H and O–H groups in total. The average Bonchev–Trinajstić information content (AvgIpc) is 2.50. The van der Waals surface area contributed by atoms with Gasteiger partial charge in [0.1, 0.15) is 0 Å². The summed E-state index contributed by atoms with van der Waals surface area (Å²) in [7, 11) is 0. The van der Waals surface area contributed by atoms with Crippen LogP contribution in [-0.2, 0) is 4.79 Å². The Bertz CT molecular complexity index is 278. The van der Waals surface area contributed by atoms with Gasteiger partial charge in [-0.25, -0.2) is 0 Å². The summed E-state index contributed by atoms with van der Waals surface area (Å²) in [5.74, 6) is -0.914. The fraction of sp³-hybridized carbons (Fsp3) is 0.857. The smallest absolute Gasteiger partial charge is 0.550 e. The summed E-state index contributed by atoms with van der Waals surface area (Å²) in [4.78, 5) is 10.2. The molecule has 5 heteroatoms. The first-order valence-electron chi connectivity index (χ1n) is 10.0. The summed E-state index contributed by atoms with van der Waals surface area (Å²) in [6, 6.07) is 0. The number of hydrogen-bond acceptors (Lipinski definition) is 3. The van der Waals surface area contributed by atoms with Crippen LogP contribution in [0.5, 0.6) is 0 Å². The van der Waals surface area contributed by atoms with Gasteiger partial charge in [0, 0.05) is 12.1 Å². The molecule has 0 saturated heterocycles. The summed E-state index contributed by atoms with van der Waals surface area (Å²) in [5.41, 5.74) is 0. The molecule has 0 aliphatic rings. The second-order valence-corrected chi connectivity index (χ2v) is 6.80. The number of carbonyl (C=O) groups is 1. The van der Waals surface area contributed by atoms with Crippen LogP contribution in [0.15, 0.2) is 12.2 Å². The number of carboxylic acids is 1. The van der Waals surface area contributed by atoms with Crippen LogP contribution >= 0.6 is 0 Å². The van der Waals surface area contributed by atoms with E-state index < -0.39 is 5.97 Å². The molecule has 0 fully saturated rings. The van der Waals surface area contributed by atoms with Crippen LogP contribution in [0, 0.1) is 0 Å². The summed E-state index contributed by atoms with van der Waals surface area (Å²) < 4.78 is 0. The first-order valence-corrected chi connectivity index (χ1v) is 10.0. The van der Waals surface area contributed by atoms with Crippen molar-refractivity contribution in [3.05, 3.63) is 12.2 Å². The van der Waals surface area contributed by atoms with Gasteiger partial charge in [0.25, 0.3) is 0 Å². The van der Waals surface area contributed by atoms with Crippen LogP contribution in [0.3, 0.4) is 0 Å². The number of carboxylic acid groups (broad SMARTS) is 1. The minimum Gasteiger partial charge on any atom is -0.550 e. The second kappa shape index (κ2) is 29.9. The van der Waals surface area contributed by atoms with Crippen LogP contribution in [0.4, 0.5) is 0 Å². The molecule has 0 amide bonds. The van der Waals surface area contributed by atoms with Gasteiger partial charge in [-0.3, -0.25) is 0 Å². The molecule has 0 aromatic carbocycles. The molecule has 0 saturated carbocycles. The molecule has 0 aliphatic carbocycles. The maximum atomic E-state index is 10.2. The summed E-state index contributed by atoms with van der Waals surface area (Å²) in [6.45, 7) is 5.70. The molecule has 0 bridgehead atoms. The molecule has 0 unspecified atom stereocenters. The fourth-order valence-corrected chi connectivity index (χ4v) is 2.34. The molecule has 0 aromatic rings. The van der Waals surface area contributed by atoms with Gasteiger partial charge in [0.15, 0.2) is 0 Å². The van der Waals surface area contributed by atoms with Crippen molar-refractivity contribution < 1.29 is 50.0 Å². The minimum absolute atomic E-state index is 0. The largest absolute Gasteiger partial charge is 1.00 e. The van der Waals surface area contributed by atoms with E-state index in [1.54, 1.807) is 13.8 Å². The fourth-order valence-electron chi connectivity index (χ4n) is 2.34. The van der Waals surface area contributed by atoms with E-state index in [2.05, 4.69) is 19.1 Å². The molecule has 0 spiro atoms. The van der Waals surface area contributed by atoms with Crippen molar-refractivity contribution in [1.82, 2.24) is 0 Å². The average molecular weight is 383 g/mol. The molecular formula is C21H43NaO4. The number of carbonyl (C=O) groups excluding carboxylic acids is 1. The van der Waals surface area contributed by atoms with Gasteiger partial charge in [0.05, 0.1) is 0 Å². The van der Waals surface area contributed by atoms with Gasteiger partial charge in [0.2, 0.25) is 0 Å². The van der Waals surface area contributed by atoms with Gasteiger partial charge >= 0.3 is 29.6 Å². The van der Waals surface area contributed by atoms with E-state index in [9.17, 15) is 9.90 Å². The number of rotatable bonds is 15. The van der Waals surface area contributed by atoms with Crippen molar-refractivity contribution in [2.45, 2.75) is 117 Å². The Labute approximate surface area is 184 Å². The Kier molecular flexibility index (Phi) is 38.7. The molecule has 0 heterocycles. The topological polar surface area (TPSA) is 91.9 Å². The van der Waals surface area contributed by atoms with Crippen LogP contribution in [0.2, 0.25) is 0 Å². The number of allylic oxidation sites excluding steroid dienone is 2. The minimum atomic E-state index is -0.914. The van der Waals surface area contributed by atoms with Gasteiger partial charge < -0.3 is 20.5 Å². The maximum absolute atomic E-state index is 10.2. The van der Waals surface area contributed by atoms with E-state index in [-0.39, 0.29) is 47.6 Å². The van der Waals surface area contributed by atoms with E-state index in [4.69, 9.17) is 5.11 Å². The zero-order valence-electron chi connectivity index (χ0n) is 17.9. The zero-order chi connectivity index (χ0) is 18.5. The third-order valence-electron chi connectivity index (χ3n) is 3.64. The Morgan fingerprint density at radius 3 is 1.58 bits per heavy atom. The molecule has 26 heavy (non-hydrogen) atoms. The molecule has 4 nitrogen and oxygen atoms in total. The molecule has 0 radical (unpaired) electrons. The van der Waals surface area contributed by atoms with Crippen molar-refractivity contribution in [2.75, 3.05) is 0 Å². The standard InChI is InChI=1S/C18H34O2.C3H8O.Na.H2O/c1-2-3-4-5-6-7-8-9-10-11-12-13-14-15-16-17-18(19)20;1-3(2)4;;/h9-10H,2-8,11-17H2,1H3,(H,19,20);3-4H,1-2H3;;1H2/q;;+1;/p-1. The molecule has 0 aliphatic heterocycles. The number of aliphatic carboxylic acids is 1. The molecule has 0 aromatic heterocycles. The van der Waals surface area contributed by atoms with Crippen molar-refractivity contribution >= 4 is 5.97 Å². The van der Waals surface area contributed by atoms with E-state index in [1.165, 1.54) is 64.2 Å². The molecule has 0 rings (SSSR count). The first-order chi connectivity index (χ1) is 11.5. The normalized spacial score (nSPS) is 10.0. The Hall–Kier alpha value is 0.130. The SMILES string of the molecule is CC(C)O.CCCCCCCCC=CCCCCCCCC(=O)[O-].O.[Na+]. The van der Waals surface area contributed by atoms with Crippen LogP contribution in [0.25, 0.3) is 0 Å². The van der Waals surface area contributed by atoms with E-state index >= 15 is 0 Å². The first kappa shape index (κ1) is 33.7. The molecule has 152 valence electrons.